The van der Waals surface area contributed by atoms with E-state index in [4.69, 9.17) is 5.73 Å². The molecular formula is C14H19BrClFN2O. The van der Waals surface area contributed by atoms with Crippen LogP contribution in [0.1, 0.15) is 30.1 Å². The van der Waals surface area contributed by atoms with Crippen LogP contribution in [0.15, 0.2) is 22.7 Å². The van der Waals surface area contributed by atoms with Gasteiger partial charge in [0.25, 0.3) is 5.91 Å². The second-order valence-electron chi connectivity index (χ2n) is 5.05. The van der Waals surface area contributed by atoms with Gasteiger partial charge in [0, 0.05) is 23.6 Å². The van der Waals surface area contributed by atoms with Crippen LogP contribution in [-0.4, -0.2) is 29.9 Å². The number of nitrogens with two attached hydrogens (primary N) is 1. The largest absolute Gasteiger partial charge is 0.334 e. The van der Waals surface area contributed by atoms with Gasteiger partial charge in [0.1, 0.15) is 5.82 Å². The molecule has 3 nitrogen and oxygen atoms in total. The first-order valence-electron chi connectivity index (χ1n) is 6.50. The molecule has 1 aliphatic rings. The molecule has 1 saturated heterocycles. The molecule has 1 aliphatic heterocycles. The number of carbonyl (C=O) groups excluding carboxylic acids is 1. The third kappa shape index (κ3) is 3.51. The second-order valence-corrected chi connectivity index (χ2v) is 5.96. The standard InChI is InChI=1S/C14H18BrFN2O.ClH/c1-9-3-2-6-18(13(9)8-17)14(19)11-7-10(15)4-5-12(11)16;/h4-5,7,9,13H,2-3,6,8,17H2,1H3;1H. The lowest BCUT2D eigenvalue weighted by Gasteiger charge is -2.39. The number of amides is 1. The molecule has 2 N–H and O–H groups in total. The summed E-state index contributed by atoms with van der Waals surface area (Å²) in [5, 5.41) is 0. The Hall–Kier alpha value is -0.650. The van der Waals surface area contributed by atoms with Gasteiger partial charge in [-0.25, -0.2) is 4.39 Å². The van der Waals surface area contributed by atoms with Crippen molar-refractivity contribution < 1.29 is 9.18 Å². The van der Waals surface area contributed by atoms with Crippen molar-refractivity contribution in [1.29, 1.82) is 0 Å². The first-order chi connectivity index (χ1) is 9.04. The topological polar surface area (TPSA) is 46.3 Å². The van der Waals surface area contributed by atoms with Crippen molar-refractivity contribution in [2.24, 2.45) is 11.7 Å². The Labute approximate surface area is 133 Å². The van der Waals surface area contributed by atoms with Gasteiger partial charge in [-0.2, -0.15) is 0 Å². The molecule has 0 bridgehead atoms. The summed E-state index contributed by atoms with van der Waals surface area (Å²) in [6.45, 7) is 3.16. The molecule has 2 unspecified atom stereocenters. The SMILES string of the molecule is CC1CCCN(C(=O)c2cc(Br)ccc2F)C1CN.Cl. The van der Waals surface area contributed by atoms with Crippen LogP contribution < -0.4 is 5.73 Å². The molecule has 0 radical (unpaired) electrons. The first kappa shape index (κ1) is 17.4. The fourth-order valence-electron chi connectivity index (χ4n) is 2.68. The second kappa shape index (κ2) is 7.38. The molecule has 1 aromatic carbocycles. The van der Waals surface area contributed by atoms with Gasteiger partial charge in [-0.05, 0) is 37.0 Å². The summed E-state index contributed by atoms with van der Waals surface area (Å²) in [6, 6.07) is 4.43. The lowest BCUT2D eigenvalue weighted by atomic mass is 9.90. The number of hydrogen-bond donors (Lipinski definition) is 1. The molecule has 1 amide bonds. The van der Waals surface area contributed by atoms with Crippen molar-refractivity contribution in [2.45, 2.75) is 25.8 Å². The Morgan fingerprint density at radius 3 is 2.90 bits per heavy atom. The molecular weight excluding hydrogens is 347 g/mol. The van der Waals surface area contributed by atoms with Gasteiger partial charge in [-0.15, -0.1) is 12.4 Å². The smallest absolute Gasteiger partial charge is 0.257 e. The van der Waals surface area contributed by atoms with E-state index < -0.39 is 5.82 Å². The zero-order chi connectivity index (χ0) is 14.0. The summed E-state index contributed by atoms with van der Waals surface area (Å²) < 4.78 is 14.5. The minimum atomic E-state index is -0.484. The van der Waals surface area contributed by atoms with E-state index in [9.17, 15) is 9.18 Å². The van der Waals surface area contributed by atoms with Gasteiger partial charge in [0.2, 0.25) is 0 Å². The van der Waals surface area contributed by atoms with Crippen LogP contribution in [-0.2, 0) is 0 Å². The van der Waals surface area contributed by atoms with E-state index in [1.165, 1.54) is 12.1 Å². The molecule has 1 aromatic rings. The fourth-order valence-corrected chi connectivity index (χ4v) is 3.04. The van der Waals surface area contributed by atoms with Gasteiger partial charge in [-0.1, -0.05) is 22.9 Å². The molecule has 0 spiro atoms. The third-order valence-corrected chi connectivity index (χ3v) is 4.27. The average Bonchev–Trinajstić information content (AvgIpc) is 2.40. The van der Waals surface area contributed by atoms with Gasteiger partial charge in [-0.3, -0.25) is 4.79 Å². The molecule has 1 heterocycles. The summed E-state index contributed by atoms with van der Waals surface area (Å²) >= 11 is 3.27. The molecule has 0 aromatic heterocycles. The maximum Gasteiger partial charge on any atom is 0.257 e. The van der Waals surface area contributed by atoms with Crippen molar-refractivity contribution in [2.75, 3.05) is 13.1 Å². The van der Waals surface area contributed by atoms with Crippen LogP contribution in [0, 0.1) is 11.7 Å². The number of benzene rings is 1. The van der Waals surface area contributed by atoms with Gasteiger partial charge >= 0.3 is 0 Å². The number of halogens is 3. The van der Waals surface area contributed by atoms with E-state index >= 15 is 0 Å². The molecule has 2 atom stereocenters. The molecule has 0 saturated carbocycles. The maximum absolute atomic E-state index is 13.8. The zero-order valence-electron chi connectivity index (χ0n) is 11.3. The number of nitrogens with zero attached hydrogens (tertiary/aromatic N) is 1. The maximum atomic E-state index is 13.8. The van der Waals surface area contributed by atoms with E-state index in [2.05, 4.69) is 22.9 Å². The van der Waals surface area contributed by atoms with E-state index in [0.717, 1.165) is 12.8 Å². The fraction of sp³-hybridized carbons (Fsp3) is 0.500. The summed E-state index contributed by atoms with van der Waals surface area (Å²) in [5.74, 6) is -0.388. The van der Waals surface area contributed by atoms with Gasteiger partial charge < -0.3 is 10.6 Å². The molecule has 20 heavy (non-hydrogen) atoms. The number of piperidine rings is 1. The number of rotatable bonds is 2. The summed E-state index contributed by atoms with van der Waals surface area (Å²) in [6.07, 6.45) is 2.01. The number of hydrogen-bond acceptors (Lipinski definition) is 2. The molecule has 1 fully saturated rings. The Balaban J connectivity index is 0.00000200. The van der Waals surface area contributed by atoms with Crippen LogP contribution in [0.5, 0.6) is 0 Å². The van der Waals surface area contributed by atoms with Crippen molar-refractivity contribution in [3.63, 3.8) is 0 Å². The highest BCUT2D eigenvalue weighted by Crippen LogP contribution is 2.26. The average molecular weight is 366 g/mol. The third-order valence-electron chi connectivity index (χ3n) is 3.78. The van der Waals surface area contributed by atoms with Crippen molar-refractivity contribution >= 4 is 34.2 Å². The highest BCUT2D eigenvalue weighted by Gasteiger charge is 2.32. The van der Waals surface area contributed by atoms with Gasteiger partial charge in [0.05, 0.1) is 5.56 Å². The molecule has 0 aliphatic carbocycles. The van der Waals surface area contributed by atoms with Crippen molar-refractivity contribution in [3.05, 3.63) is 34.1 Å². The highest BCUT2D eigenvalue weighted by molar-refractivity contribution is 9.10. The summed E-state index contributed by atoms with van der Waals surface area (Å²) in [5.41, 5.74) is 5.88. The van der Waals surface area contributed by atoms with Crippen molar-refractivity contribution in [1.82, 2.24) is 4.90 Å². The first-order valence-corrected chi connectivity index (χ1v) is 7.30. The zero-order valence-corrected chi connectivity index (χ0v) is 13.7. The van der Waals surface area contributed by atoms with E-state index in [-0.39, 0.29) is 29.9 Å². The van der Waals surface area contributed by atoms with Crippen LogP contribution in [0.25, 0.3) is 0 Å². The van der Waals surface area contributed by atoms with E-state index in [1.807, 2.05) is 0 Å². The lowest BCUT2D eigenvalue weighted by molar-refractivity contribution is 0.0528. The minimum absolute atomic E-state index is 0. The number of likely N-dealkylation sites (tertiary alicyclic amines) is 1. The Morgan fingerprint density at radius 1 is 1.55 bits per heavy atom. The normalized spacial score (nSPS) is 22.3. The Bertz CT molecular complexity index is 486. The van der Waals surface area contributed by atoms with Crippen LogP contribution in [0.2, 0.25) is 0 Å². The van der Waals surface area contributed by atoms with Crippen molar-refractivity contribution in [3.8, 4) is 0 Å². The quantitative estimate of drug-likeness (QED) is 0.875. The Kier molecular flexibility index (Phi) is 6.43. The van der Waals surface area contributed by atoms with Crippen LogP contribution in [0.4, 0.5) is 4.39 Å². The van der Waals surface area contributed by atoms with Crippen LogP contribution >= 0.6 is 28.3 Å². The summed E-state index contributed by atoms with van der Waals surface area (Å²) in [4.78, 5) is 14.2. The number of carbonyl (C=O) groups is 1. The Morgan fingerprint density at radius 2 is 2.25 bits per heavy atom. The highest BCUT2D eigenvalue weighted by atomic mass is 79.9. The predicted octanol–water partition coefficient (Wildman–Crippen LogP) is 3.21. The monoisotopic (exact) mass is 364 g/mol. The molecule has 2 rings (SSSR count). The molecule has 6 heteroatoms. The van der Waals surface area contributed by atoms with Gasteiger partial charge in [0.15, 0.2) is 0 Å². The van der Waals surface area contributed by atoms with E-state index in [1.54, 1.807) is 11.0 Å². The minimum Gasteiger partial charge on any atom is -0.334 e. The van der Waals surface area contributed by atoms with Crippen LogP contribution in [0.3, 0.4) is 0 Å². The van der Waals surface area contributed by atoms with E-state index in [0.29, 0.717) is 23.5 Å². The molecule has 112 valence electrons. The predicted molar refractivity (Wildman–Crippen MR) is 83.6 cm³/mol. The lowest BCUT2D eigenvalue weighted by Crippen LogP contribution is -2.51. The summed E-state index contributed by atoms with van der Waals surface area (Å²) in [7, 11) is 0.